The second-order valence-electron chi connectivity index (χ2n) is 5.19. The molecule has 0 atom stereocenters. The van der Waals surface area contributed by atoms with Gasteiger partial charge in [0, 0.05) is 16.6 Å². The first-order chi connectivity index (χ1) is 9.74. The van der Waals surface area contributed by atoms with Crippen molar-refractivity contribution < 1.29 is 4.74 Å². The maximum Gasteiger partial charge on any atom is 0.123 e. The van der Waals surface area contributed by atoms with Crippen molar-refractivity contribution in [3.63, 3.8) is 0 Å². The summed E-state index contributed by atoms with van der Waals surface area (Å²) in [6.45, 7) is 2.64. The first kappa shape index (κ1) is 13.1. The molecule has 1 aliphatic carbocycles. The van der Waals surface area contributed by atoms with Gasteiger partial charge in [-0.15, -0.1) is 11.3 Å². The van der Waals surface area contributed by atoms with Gasteiger partial charge in [0.05, 0.1) is 11.5 Å². The molecule has 0 unspecified atom stereocenters. The fraction of sp³-hybridized carbons (Fsp3) is 0.375. The van der Waals surface area contributed by atoms with Crippen molar-refractivity contribution in [2.45, 2.75) is 26.2 Å². The number of ether oxygens (including phenoxy) is 1. The molecular formula is C16H16N2OS. The summed E-state index contributed by atoms with van der Waals surface area (Å²) in [6.07, 6.45) is 4.88. The van der Waals surface area contributed by atoms with Crippen LogP contribution in [0.15, 0.2) is 30.5 Å². The summed E-state index contributed by atoms with van der Waals surface area (Å²) in [7, 11) is 0. The van der Waals surface area contributed by atoms with Crippen LogP contribution in [0.25, 0.3) is 10.6 Å². The minimum Gasteiger partial charge on any atom is -0.492 e. The van der Waals surface area contributed by atoms with Gasteiger partial charge in [-0.1, -0.05) is 6.92 Å². The third kappa shape index (κ3) is 2.68. The number of hydrogen-bond acceptors (Lipinski definition) is 4. The smallest absolute Gasteiger partial charge is 0.123 e. The molecular weight excluding hydrogens is 268 g/mol. The van der Waals surface area contributed by atoms with Crippen molar-refractivity contribution in [3.05, 3.63) is 35.3 Å². The predicted molar refractivity (Wildman–Crippen MR) is 79.7 cm³/mol. The van der Waals surface area contributed by atoms with E-state index >= 15 is 0 Å². The van der Waals surface area contributed by atoms with Crippen molar-refractivity contribution in [3.8, 4) is 22.4 Å². The molecule has 0 aliphatic heterocycles. The van der Waals surface area contributed by atoms with Gasteiger partial charge < -0.3 is 4.74 Å². The number of nitrogens with zero attached hydrogens (tertiary/aromatic N) is 2. The highest BCUT2D eigenvalue weighted by Crippen LogP contribution is 2.45. The number of rotatable bonds is 5. The van der Waals surface area contributed by atoms with Crippen molar-refractivity contribution in [2.24, 2.45) is 5.41 Å². The Morgan fingerprint density at radius 1 is 1.35 bits per heavy atom. The monoisotopic (exact) mass is 284 g/mol. The molecule has 1 heterocycles. The van der Waals surface area contributed by atoms with Gasteiger partial charge in [0.15, 0.2) is 0 Å². The van der Waals surface area contributed by atoms with Gasteiger partial charge in [-0.25, -0.2) is 4.98 Å². The Labute approximate surface area is 122 Å². The molecule has 1 fully saturated rings. The Morgan fingerprint density at radius 3 is 2.65 bits per heavy atom. The maximum atomic E-state index is 9.02. The largest absolute Gasteiger partial charge is 0.492 e. The minimum absolute atomic E-state index is 0.218. The number of benzene rings is 1. The molecule has 0 saturated heterocycles. The van der Waals surface area contributed by atoms with Crippen LogP contribution in [0.1, 0.15) is 24.6 Å². The highest BCUT2D eigenvalue weighted by molar-refractivity contribution is 7.15. The molecule has 2 aromatic rings. The van der Waals surface area contributed by atoms with Crippen LogP contribution in [0, 0.1) is 16.7 Å². The number of nitriles is 1. The van der Waals surface area contributed by atoms with Crippen LogP contribution in [0.4, 0.5) is 0 Å². The quantitative estimate of drug-likeness (QED) is 0.832. The van der Waals surface area contributed by atoms with Crippen LogP contribution < -0.4 is 4.74 Å². The van der Waals surface area contributed by atoms with Gasteiger partial charge in [-0.05, 0) is 43.5 Å². The standard InChI is InChI=1S/C16H16N2OS/c1-2-14-9-18-15(20-14)12-3-5-13(6-4-12)19-11-16(10-17)7-8-16/h3-6,9H,2,7-8,11H2,1H3. The van der Waals surface area contributed by atoms with Crippen LogP contribution in [-0.2, 0) is 6.42 Å². The predicted octanol–water partition coefficient (Wildman–Crippen LogP) is 4.06. The minimum atomic E-state index is -0.218. The van der Waals surface area contributed by atoms with Gasteiger partial charge >= 0.3 is 0 Å². The van der Waals surface area contributed by atoms with E-state index in [1.807, 2.05) is 30.5 Å². The van der Waals surface area contributed by atoms with E-state index < -0.39 is 0 Å². The van der Waals surface area contributed by atoms with Crippen LogP contribution in [0.5, 0.6) is 5.75 Å². The fourth-order valence-corrected chi connectivity index (χ4v) is 2.82. The molecule has 1 aromatic heterocycles. The lowest BCUT2D eigenvalue weighted by Crippen LogP contribution is -2.10. The van der Waals surface area contributed by atoms with E-state index in [1.54, 1.807) is 11.3 Å². The Kier molecular flexibility index (Phi) is 3.45. The molecule has 1 aliphatic rings. The highest BCUT2D eigenvalue weighted by Gasteiger charge is 2.44. The lowest BCUT2D eigenvalue weighted by atomic mass is 10.1. The molecule has 102 valence electrons. The van der Waals surface area contributed by atoms with Gasteiger partial charge in [0.1, 0.15) is 17.4 Å². The molecule has 0 bridgehead atoms. The molecule has 0 radical (unpaired) electrons. The zero-order chi connectivity index (χ0) is 14.0. The maximum absolute atomic E-state index is 9.02. The van der Waals surface area contributed by atoms with Crippen LogP contribution >= 0.6 is 11.3 Å². The second kappa shape index (κ2) is 5.26. The lowest BCUT2D eigenvalue weighted by Gasteiger charge is -2.09. The fourth-order valence-electron chi connectivity index (χ4n) is 1.96. The van der Waals surface area contributed by atoms with Gasteiger partial charge in [-0.2, -0.15) is 5.26 Å². The zero-order valence-corrected chi connectivity index (χ0v) is 12.2. The summed E-state index contributed by atoms with van der Waals surface area (Å²) in [5.41, 5.74) is 0.896. The topological polar surface area (TPSA) is 45.9 Å². The molecule has 1 saturated carbocycles. The molecule has 0 amide bonds. The SMILES string of the molecule is CCc1cnc(-c2ccc(OCC3(C#N)CC3)cc2)s1. The highest BCUT2D eigenvalue weighted by atomic mass is 32.1. The second-order valence-corrected chi connectivity index (χ2v) is 6.31. The molecule has 0 spiro atoms. The first-order valence-electron chi connectivity index (χ1n) is 6.84. The van der Waals surface area contributed by atoms with Crippen LogP contribution in [0.2, 0.25) is 0 Å². The normalized spacial score (nSPS) is 15.6. The van der Waals surface area contributed by atoms with E-state index in [0.717, 1.165) is 35.6 Å². The van der Waals surface area contributed by atoms with E-state index in [4.69, 9.17) is 10.00 Å². The Hall–Kier alpha value is -1.86. The van der Waals surface area contributed by atoms with Crippen LogP contribution in [-0.4, -0.2) is 11.6 Å². The van der Waals surface area contributed by atoms with Crippen molar-refractivity contribution in [2.75, 3.05) is 6.61 Å². The number of aryl methyl sites for hydroxylation is 1. The summed E-state index contributed by atoms with van der Waals surface area (Å²) in [6, 6.07) is 10.3. The van der Waals surface area contributed by atoms with E-state index in [1.165, 1.54) is 4.88 Å². The average molecular weight is 284 g/mol. The van der Waals surface area contributed by atoms with Gasteiger partial charge in [0.2, 0.25) is 0 Å². The van der Waals surface area contributed by atoms with E-state index in [2.05, 4.69) is 18.0 Å². The van der Waals surface area contributed by atoms with Crippen molar-refractivity contribution in [1.29, 1.82) is 5.26 Å². The molecule has 0 N–H and O–H groups in total. The lowest BCUT2D eigenvalue weighted by molar-refractivity contribution is 0.269. The van der Waals surface area contributed by atoms with Crippen molar-refractivity contribution in [1.82, 2.24) is 4.98 Å². The first-order valence-corrected chi connectivity index (χ1v) is 7.65. The molecule has 1 aromatic carbocycles. The molecule has 3 nitrogen and oxygen atoms in total. The number of thiazole rings is 1. The number of aromatic nitrogens is 1. The van der Waals surface area contributed by atoms with Crippen LogP contribution in [0.3, 0.4) is 0 Å². The van der Waals surface area contributed by atoms with E-state index in [-0.39, 0.29) is 5.41 Å². The number of hydrogen-bond donors (Lipinski definition) is 0. The van der Waals surface area contributed by atoms with Gasteiger partial charge in [0.25, 0.3) is 0 Å². The average Bonchev–Trinajstić information content (AvgIpc) is 3.13. The third-order valence-electron chi connectivity index (χ3n) is 3.61. The summed E-state index contributed by atoms with van der Waals surface area (Å²) in [5, 5.41) is 10.1. The summed E-state index contributed by atoms with van der Waals surface area (Å²) in [4.78, 5) is 5.73. The summed E-state index contributed by atoms with van der Waals surface area (Å²) in [5.74, 6) is 0.822. The van der Waals surface area contributed by atoms with Gasteiger partial charge in [-0.3, -0.25) is 0 Å². The van der Waals surface area contributed by atoms with E-state index in [9.17, 15) is 0 Å². The Morgan fingerprint density at radius 2 is 2.10 bits per heavy atom. The Balaban J connectivity index is 1.67. The van der Waals surface area contributed by atoms with E-state index in [0.29, 0.717) is 6.61 Å². The third-order valence-corrected chi connectivity index (χ3v) is 4.80. The zero-order valence-electron chi connectivity index (χ0n) is 11.4. The summed E-state index contributed by atoms with van der Waals surface area (Å²) < 4.78 is 5.70. The molecule has 4 heteroatoms. The Bertz CT molecular complexity index is 635. The molecule has 3 rings (SSSR count). The van der Waals surface area contributed by atoms with Crippen molar-refractivity contribution >= 4 is 11.3 Å². The molecule has 20 heavy (non-hydrogen) atoms. The summed E-state index contributed by atoms with van der Waals surface area (Å²) >= 11 is 1.73.